The molecule has 2 saturated carbocycles. The minimum Gasteiger partial charge on any atom is -0.481 e. The Hall–Kier alpha value is -1.06. The Morgan fingerprint density at radius 1 is 1.12 bits per heavy atom. The molecule has 2 aliphatic carbocycles. The lowest BCUT2D eigenvalue weighted by Crippen LogP contribution is -2.46. The predicted octanol–water partition coefficient (Wildman–Crippen LogP) is 1.94. The molecule has 0 spiro atoms. The average molecular weight is 239 g/mol. The Labute approximate surface area is 102 Å². The molecule has 2 aliphatic rings. The largest absolute Gasteiger partial charge is 0.481 e. The molecule has 0 radical (unpaired) electrons. The van der Waals surface area contributed by atoms with E-state index in [0.717, 1.165) is 38.5 Å². The molecule has 4 nitrogen and oxygen atoms in total. The zero-order valence-electron chi connectivity index (χ0n) is 10.2. The molecular weight excluding hydrogens is 218 g/mol. The zero-order chi connectivity index (χ0) is 12.3. The summed E-state index contributed by atoms with van der Waals surface area (Å²) in [6, 6.07) is 0. The lowest BCUT2D eigenvalue weighted by Gasteiger charge is -2.34. The van der Waals surface area contributed by atoms with Crippen LogP contribution in [0.4, 0.5) is 0 Å². The number of nitrogens with one attached hydrogen (secondary N) is 1. The van der Waals surface area contributed by atoms with Gasteiger partial charge < -0.3 is 10.4 Å². The van der Waals surface area contributed by atoms with Gasteiger partial charge in [-0.15, -0.1) is 0 Å². The molecule has 0 atom stereocenters. The second kappa shape index (κ2) is 5.07. The number of aliphatic carboxylic acids is 1. The summed E-state index contributed by atoms with van der Waals surface area (Å²) >= 11 is 0. The van der Waals surface area contributed by atoms with E-state index in [1.807, 2.05) is 0 Å². The SMILES string of the molecule is O=C(NCC1(C(=O)O)CCCCC1)C1CCC1. The van der Waals surface area contributed by atoms with Gasteiger partial charge in [0.25, 0.3) is 0 Å². The molecule has 0 saturated heterocycles. The number of amides is 1. The van der Waals surface area contributed by atoms with Crippen LogP contribution in [0.2, 0.25) is 0 Å². The van der Waals surface area contributed by atoms with E-state index >= 15 is 0 Å². The maximum absolute atomic E-state index is 11.7. The Balaban J connectivity index is 1.88. The van der Waals surface area contributed by atoms with Crippen molar-refractivity contribution in [3.8, 4) is 0 Å². The molecule has 0 aliphatic heterocycles. The smallest absolute Gasteiger partial charge is 0.311 e. The normalized spacial score (nSPS) is 23.8. The molecule has 0 bridgehead atoms. The lowest BCUT2D eigenvalue weighted by molar-refractivity contribution is -0.151. The third-order valence-corrected chi connectivity index (χ3v) is 4.34. The molecule has 2 fully saturated rings. The van der Waals surface area contributed by atoms with Gasteiger partial charge in [-0.2, -0.15) is 0 Å². The Bertz CT molecular complexity index is 304. The van der Waals surface area contributed by atoms with Crippen molar-refractivity contribution in [3.63, 3.8) is 0 Å². The van der Waals surface area contributed by atoms with E-state index in [9.17, 15) is 14.7 Å². The molecule has 4 heteroatoms. The van der Waals surface area contributed by atoms with Crippen LogP contribution < -0.4 is 5.32 Å². The molecule has 96 valence electrons. The van der Waals surface area contributed by atoms with Crippen molar-refractivity contribution in [2.45, 2.75) is 51.4 Å². The fraction of sp³-hybridized carbons (Fsp3) is 0.846. The van der Waals surface area contributed by atoms with Gasteiger partial charge in [-0.05, 0) is 25.7 Å². The zero-order valence-corrected chi connectivity index (χ0v) is 10.2. The molecule has 1 amide bonds. The summed E-state index contributed by atoms with van der Waals surface area (Å²) in [6.45, 7) is 0.317. The van der Waals surface area contributed by atoms with Gasteiger partial charge in [-0.25, -0.2) is 0 Å². The van der Waals surface area contributed by atoms with Gasteiger partial charge in [0.1, 0.15) is 0 Å². The molecule has 0 aromatic carbocycles. The van der Waals surface area contributed by atoms with E-state index < -0.39 is 11.4 Å². The van der Waals surface area contributed by atoms with Gasteiger partial charge in [0.05, 0.1) is 5.41 Å². The van der Waals surface area contributed by atoms with Gasteiger partial charge in [0, 0.05) is 12.5 Å². The maximum Gasteiger partial charge on any atom is 0.311 e. The molecule has 2 rings (SSSR count). The minimum atomic E-state index is -0.744. The van der Waals surface area contributed by atoms with Crippen molar-refractivity contribution in [2.75, 3.05) is 6.54 Å². The van der Waals surface area contributed by atoms with Crippen LogP contribution in [0.15, 0.2) is 0 Å². The topological polar surface area (TPSA) is 66.4 Å². The number of carbonyl (C=O) groups excluding carboxylic acids is 1. The highest BCUT2D eigenvalue weighted by molar-refractivity contribution is 5.81. The van der Waals surface area contributed by atoms with Crippen LogP contribution in [0, 0.1) is 11.3 Å². The van der Waals surface area contributed by atoms with E-state index in [-0.39, 0.29) is 11.8 Å². The van der Waals surface area contributed by atoms with E-state index in [4.69, 9.17) is 0 Å². The van der Waals surface area contributed by atoms with Gasteiger partial charge in [-0.1, -0.05) is 25.7 Å². The van der Waals surface area contributed by atoms with Crippen LogP contribution in [0.3, 0.4) is 0 Å². The quantitative estimate of drug-likeness (QED) is 0.787. The molecular formula is C13H21NO3. The number of hydrogen-bond acceptors (Lipinski definition) is 2. The van der Waals surface area contributed by atoms with Crippen molar-refractivity contribution in [1.29, 1.82) is 0 Å². The molecule has 0 unspecified atom stereocenters. The van der Waals surface area contributed by atoms with E-state index in [1.54, 1.807) is 0 Å². The fourth-order valence-electron chi connectivity index (χ4n) is 2.77. The number of carboxylic acids is 1. The van der Waals surface area contributed by atoms with Crippen molar-refractivity contribution in [1.82, 2.24) is 5.32 Å². The Morgan fingerprint density at radius 2 is 1.76 bits per heavy atom. The first-order chi connectivity index (χ1) is 8.14. The summed E-state index contributed by atoms with van der Waals surface area (Å²) in [5.41, 5.74) is -0.697. The second-order valence-corrected chi connectivity index (χ2v) is 5.49. The first kappa shape index (κ1) is 12.4. The van der Waals surface area contributed by atoms with E-state index in [1.165, 1.54) is 0 Å². The van der Waals surface area contributed by atoms with Gasteiger partial charge in [0.2, 0.25) is 5.91 Å². The summed E-state index contributed by atoms with van der Waals surface area (Å²) in [6.07, 6.45) is 7.50. The molecule has 17 heavy (non-hydrogen) atoms. The Kier molecular flexibility index (Phi) is 3.69. The van der Waals surface area contributed by atoms with Crippen LogP contribution in [0.1, 0.15) is 51.4 Å². The maximum atomic E-state index is 11.7. The highest BCUT2D eigenvalue weighted by atomic mass is 16.4. The molecule has 2 N–H and O–H groups in total. The van der Waals surface area contributed by atoms with Gasteiger partial charge >= 0.3 is 5.97 Å². The number of hydrogen-bond donors (Lipinski definition) is 2. The first-order valence-electron chi connectivity index (χ1n) is 6.65. The van der Waals surface area contributed by atoms with Gasteiger partial charge in [0.15, 0.2) is 0 Å². The highest BCUT2D eigenvalue weighted by Gasteiger charge is 2.40. The van der Waals surface area contributed by atoms with Crippen molar-refractivity contribution < 1.29 is 14.7 Å². The first-order valence-corrected chi connectivity index (χ1v) is 6.65. The van der Waals surface area contributed by atoms with Crippen molar-refractivity contribution >= 4 is 11.9 Å². The van der Waals surface area contributed by atoms with Crippen LogP contribution in [-0.2, 0) is 9.59 Å². The molecule has 0 heterocycles. The average Bonchev–Trinajstić information content (AvgIpc) is 2.25. The number of carboxylic acid groups (broad SMARTS) is 1. The van der Waals surface area contributed by atoms with Gasteiger partial charge in [-0.3, -0.25) is 9.59 Å². The summed E-state index contributed by atoms with van der Waals surface area (Å²) in [5.74, 6) is -0.544. The Morgan fingerprint density at radius 3 is 2.24 bits per heavy atom. The van der Waals surface area contributed by atoms with E-state index in [0.29, 0.717) is 19.4 Å². The van der Waals surface area contributed by atoms with Crippen LogP contribution in [0.25, 0.3) is 0 Å². The van der Waals surface area contributed by atoms with Crippen LogP contribution in [0.5, 0.6) is 0 Å². The fourth-order valence-corrected chi connectivity index (χ4v) is 2.77. The second-order valence-electron chi connectivity index (χ2n) is 5.49. The van der Waals surface area contributed by atoms with Crippen LogP contribution >= 0.6 is 0 Å². The summed E-state index contributed by atoms with van der Waals surface area (Å²) in [5, 5.41) is 12.2. The third-order valence-electron chi connectivity index (χ3n) is 4.34. The number of carbonyl (C=O) groups is 2. The summed E-state index contributed by atoms with van der Waals surface area (Å²) in [7, 11) is 0. The van der Waals surface area contributed by atoms with Crippen molar-refractivity contribution in [3.05, 3.63) is 0 Å². The molecule has 0 aromatic rings. The predicted molar refractivity (Wildman–Crippen MR) is 63.5 cm³/mol. The monoisotopic (exact) mass is 239 g/mol. The summed E-state index contributed by atoms with van der Waals surface area (Å²) < 4.78 is 0. The van der Waals surface area contributed by atoms with Crippen molar-refractivity contribution in [2.24, 2.45) is 11.3 Å². The molecule has 0 aromatic heterocycles. The van der Waals surface area contributed by atoms with E-state index in [2.05, 4.69) is 5.32 Å². The lowest BCUT2D eigenvalue weighted by atomic mass is 9.74. The standard InChI is InChI=1S/C13H21NO3/c15-11(10-5-4-6-10)14-9-13(12(16)17)7-2-1-3-8-13/h10H,1-9H2,(H,14,15)(H,16,17). The minimum absolute atomic E-state index is 0.0578. The van der Waals surface area contributed by atoms with Crippen LogP contribution in [-0.4, -0.2) is 23.5 Å². The highest BCUT2D eigenvalue weighted by Crippen LogP contribution is 2.36. The summed E-state index contributed by atoms with van der Waals surface area (Å²) in [4.78, 5) is 23.1. The third kappa shape index (κ3) is 2.61. The number of rotatable bonds is 4.